The zero-order valence-corrected chi connectivity index (χ0v) is 17.3. The van der Waals surface area contributed by atoms with E-state index in [2.05, 4.69) is 10.6 Å². The van der Waals surface area contributed by atoms with Gasteiger partial charge in [-0.2, -0.15) is 0 Å². The number of benzene rings is 3. The first-order valence-electron chi connectivity index (χ1n) is 10.2. The number of aryl methyl sites for hydroxylation is 1. The van der Waals surface area contributed by atoms with Crippen molar-refractivity contribution in [3.63, 3.8) is 0 Å². The van der Waals surface area contributed by atoms with Crippen molar-refractivity contribution >= 4 is 11.0 Å². The first-order chi connectivity index (χ1) is 14.7. The van der Waals surface area contributed by atoms with Crippen LogP contribution in [0.4, 0.5) is 0 Å². The highest BCUT2D eigenvalue weighted by atomic mass is 16.5. The molecule has 1 heterocycles. The number of aromatic nitrogens is 2. The molecule has 1 aromatic heterocycles. The third-order valence-electron chi connectivity index (χ3n) is 4.96. The lowest BCUT2D eigenvalue weighted by atomic mass is 10.3. The summed E-state index contributed by atoms with van der Waals surface area (Å²) in [4.78, 5) is 4.85. The molecule has 1 unspecified atom stereocenters. The van der Waals surface area contributed by atoms with Crippen molar-refractivity contribution in [3.05, 3.63) is 84.7 Å². The minimum absolute atomic E-state index is 0.165. The van der Waals surface area contributed by atoms with Gasteiger partial charge in [0.15, 0.2) is 11.9 Å². The second-order valence-corrected chi connectivity index (χ2v) is 7.06. The number of nitrogens with zero attached hydrogens (tertiary/aromatic N) is 2. The molecule has 30 heavy (non-hydrogen) atoms. The van der Waals surface area contributed by atoms with Crippen LogP contribution in [-0.2, 0) is 6.54 Å². The summed E-state index contributed by atoms with van der Waals surface area (Å²) in [6, 6.07) is 25.7. The molecule has 4 aromatic rings. The predicted molar refractivity (Wildman–Crippen MR) is 118 cm³/mol. The van der Waals surface area contributed by atoms with Crippen LogP contribution in [0.15, 0.2) is 78.9 Å². The molecular formula is C25H26N2O3. The zero-order chi connectivity index (χ0) is 20.8. The molecule has 0 radical (unpaired) electrons. The fraction of sp³-hybridized carbons (Fsp3) is 0.240. The van der Waals surface area contributed by atoms with E-state index in [0.717, 1.165) is 47.1 Å². The van der Waals surface area contributed by atoms with E-state index in [0.29, 0.717) is 6.61 Å². The van der Waals surface area contributed by atoms with Gasteiger partial charge in [0, 0.05) is 6.54 Å². The van der Waals surface area contributed by atoms with Crippen molar-refractivity contribution < 1.29 is 14.2 Å². The van der Waals surface area contributed by atoms with E-state index >= 15 is 0 Å². The second kappa shape index (κ2) is 9.35. The van der Waals surface area contributed by atoms with Gasteiger partial charge in [0.1, 0.15) is 17.2 Å². The Bertz CT molecular complexity index is 1070. The lowest BCUT2D eigenvalue weighted by molar-refractivity contribution is 0.210. The fourth-order valence-electron chi connectivity index (χ4n) is 3.48. The van der Waals surface area contributed by atoms with Gasteiger partial charge < -0.3 is 18.8 Å². The topological polar surface area (TPSA) is 45.5 Å². The molecule has 0 saturated carbocycles. The minimum Gasteiger partial charge on any atom is -0.497 e. The van der Waals surface area contributed by atoms with E-state index < -0.39 is 0 Å². The summed E-state index contributed by atoms with van der Waals surface area (Å²) in [7, 11) is 1.66. The van der Waals surface area contributed by atoms with Crippen molar-refractivity contribution in [2.24, 2.45) is 0 Å². The van der Waals surface area contributed by atoms with E-state index in [1.165, 1.54) is 0 Å². The zero-order valence-electron chi connectivity index (χ0n) is 17.3. The molecule has 0 aliphatic rings. The van der Waals surface area contributed by atoms with Gasteiger partial charge in [-0.25, -0.2) is 4.98 Å². The standard InChI is InChI=1S/C25H26N2O3/c1-19(30-22-9-4-3-5-10-22)25-26-23-11-6-7-12-24(23)27(25)17-8-18-29-21-15-13-20(28-2)14-16-21/h3-7,9-16,19H,8,17-18H2,1-2H3. The SMILES string of the molecule is COc1ccc(OCCCn2c(C(C)Oc3ccccc3)nc3ccccc32)cc1. The van der Waals surface area contributed by atoms with Gasteiger partial charge >= 0.3 is 0 Å². The van der Waals surface area contributed by atoms with Gasteiger partial charge in [-0.15, -0.1) is 0 Å². The number of imidazole rings is 1. The lowest BCUT2D eigenvalue weighted by Crippen LogP contribution is -2.13. The Labute approximate surface area is 176 Å². The molecule has 4 rings (SSSR count). The monoisotopic (exact) mass is 402 g/mol. The van der Waals surface area contributed by atoms with Crippen LogP contribution >= 0.6 is 0 Å². The largest absolute Gasteiger partial charge is 0.497 e. The van der Waals surface area contributed by atoms with Gasteiger partial charge in [-0.05, 0) is 61.9 Å². The van der Waals surface area contributed by atoms with E-state index in [1.54, 1.807) is 7.11 Å². The predicted octanol–water partition coefficient (Wildman–Crippen LogP) is 5.65. The van der Waals surface area contributed by atoms with Gasteiger partial charge in [0.05, 0.1) is 24.8 Å². The van der Waals surface area contributed by atoms with E-state index in [9.17, 15) is 0 Å². The normalized spacial score (nSPS) is 11.9. The maximum Gasteiger partial charge on any atom is 0.153 e. The fourth-order valence-corrected chi connectivity index (χ4v) is 3.48. The molecule has 3 aromatic carbocycles. The molecule has 0 spiro atoms. The molecule has 0 N–H and O–H groups in total. The maximum atomic E-state index is 6.14. The van der Waals surface area contributed by atoms with E-state index in [-0.39, 0.29) is 6.10 Å². The van der Waals surface area contributed by atoms with Crippen molar-refractivity contribution in [3.8, 4) is 17.2 Å². The Morgan fingerprint density at radius 2 is 1.53 bits per heavy atom. The van der Waals surface area contributed by atoms with Crippen LogP contribution in [0, 0.1) is 0 Å². The van der Waals surface area contributed by atoms with Gasteiger partial charge in [0.25, 0.3) is 0 Å². The highest BCUT2D eigenvalue weighted by Crippen LogP contribution is 2.25. The van der Waals surface area contributed by atoms with Gasteiger partial charge in [0.2, 0.25) is 0 Å². The average Bonchev–Trinajstić information content (AvgIpc) is 3.16. The van der Waals surface area contributed by atoms with E-state index in [1.807, 2.05) is 79.7 Å². The number of hydrogen-bond donors (Lipinski definition) is 0. The number of fused-ring (bicyclic) bond motifs is 1. The molecular weight excluding hydrogens is 376 g/mol. The molecule has 1 atom stereocenters. The third kappa shape index (κ3) is 4.57. The van der Waals surface area contributed by atoms with Crippen molar-refractivity contribution in [2.45, 2.75) is 26.0 Å². The van der Waals surface area contributed by atoms with Crippen LogP contribution in [0.5, 0.6) is 17.2 Å². The summed E-state index contributed by atoms with van der Waals surface area (Å²) in [5.74, 6) is 3.42. The van der Waals surface area contributed by atoms with Crippen LogP contribution in [0.2, 0.25) is 0 Å². The molecule has 5 nitrogen and oxygen atoms in total. The molecule has 154 valence electrons. The molecule has 0 amide bonds. The molecule has 0 saturated heterocycles. The van der Waals surface area contributed by atoms with E-state index in [4.69, 9.17) is 19.2 Å². The Kier molecular flexibility index (Phi) is 6.18. The van der Waals surface area contributed by atoms with Crippen LogP contribution in [-0.4, -0.2) is 23.3 Å². The highest BCUT2D eigenvalue weighted by Gasteiger charge is 2.18. The average molecular weight is 402 g/mol. The summed E-state index contributed by atoms with van der Waals surface area (Å²) >= 11 is 0. The second-order valence-electron chi connectivity index (χ2n) is 7.06. The summed E-state index contributed by atoms with van der Waals surface area (Å²) < 4.78 is 19.5. The minimum atomic E-state index is -0.165. The Morgan fingerprint density at radius 1 is 0.833 bits per heavy atom. The van der Waals surface area contributed by atoms with Gasteiger partial charge in [-0.1, -0.05) is 30.3 Å². The van der Waals surface area contributed by atoms with Crippen LogP contribution in [0.1, 0.15) is 25.3 Å². The highest BCUT2D eigenvalue weighted by molar-refractivity contribution is 5.76. The smallest absolute Gasteiger partial charge is 0.153 e. The number of methoxy groups -OCH3 is 1. The first kappa shape index (κ1) is 19.8. The van der Waals surface area contributed by atoms with Crippen LogP contribution in [0.3, 0.4) is 0 Å². The Hall–Kier alpha value is -3.47. The molecule has 5 heteroatoms. The molecule has 0 aliphatic heterocycles. The summed E-state index contributed by atoms with van der Waals surface area (Å²) in [6.07, 6.45) is 0.694. The van der Waals surface area contributed by atoms with Crippen molar-refractivity contribution in [1.29, 1.82) is 0 Å². The maximum absolute atomic E-state index is 6.14. The third-order valence-corrected chi connectivity index (χ3v) is 4.96. The summed E-state index contributed by atoms with van der Waals surface area (Å²) in [6.45, 7) is 3.46. The summed E-state index contributed by atoms with van der Waals surface area (Å²) in [5, 5.41) is 0. The Morgan fingerprint density at radius 3 is 2.30 bits per heavy atom. The van der Waals surface area contributed by atoms with Crippen molar-refractivity contribution in [1.82, 2.24) is 9.55 Å². The quantitative estimate of drug-likeness (QED) is 0.339. The van der Waals surface area contributed by atoms with Crippen molar-refractivity contribution in [2.75, 3.05) is 13.7 Å². The molecule has 0 fully saturated rings. The molecule has 0 bridgehead atoms. The first-order valence-corrected chi connectivity index (χ1v) is 10.2. The van der Waals surface area contributed by atoms with Crippen LogP contribution in [0.25, 0.3) is 11.0 Å². The Balaban J connectivity index is 1.45. The van der Waals surface area contributed by atoms with Crippen LogP contribution < -0.4 is 14.2 Å². The summed E-state index contributed by atoms with van der Waals surface area (Å²) in [5.41, 5.74) is 2.09. The number of ether oxygens (including phenoxy) is 3. The van der Waals surface area contributed by atoms with Gasteiger partial charge in [-0.3, -0.25) is 0 Å². The lowest BCUT2D eigenvalue weighted by Gasteiger charge is -2.17. The number of hydrogen-bond acceptors (Lipinski definition) is 4. The number of rotatable bonds is 9. The number of para-hydroxylation sites is 3. The molecule has 0 aliphatic carbocycles.